The number of aliphatic hydroxyl groups excluding tert-OH is 1. The Bertz CT molecular complexity index is 1080. The predicted octanol–water partition coefficient (Wildman–Crippen LogP) is 3.17. The van der Waals surface area contributed by atoms with Crippen molar-refractivity contribution in [3.8, 4) is 17.2 Å². The number of hydrogen-bond acceptors (Lipinski definition) is 7. The second-order valence-corrected chi connectivity index (χ2v) is 8.42. The zero-order chi connectivity index (χ0) is 24.3. The highest BCUT2D eigenvalue weighted by molar-refractivity contribution is 6.46. The number of hydrogen-bond donors (Lipinski definition) is 2. The minimum Gasteiger partial charge on any atom is -0.507 e. The van der Waals surface area contributed by atoms with E-state index < -0.39 is 23.5 Å². The van der Waals surface area contributed by atoms with Crippen molar-refractivity contribution in [3.05, 3.63) is 59.2 Å². The van der Waals surface area contributed by atoms with Gasteiger partial charge in [-0.3, -0.25) is 9.59 Å². The Morgan fingerprint density at radius 1 is 1.12 bits per heavy atom. The van der Waals surface area contributed by atoms with E-state index in [1.165, 1.54) is 24.1 Å². The van der Waals surface area contributed by atoms with Crippen LogP contribution in [-0.4, -0.2) is 72.1 Å². The smallest absolute Gasteiger partial charge is 0.295 e. The monoisotopic (exact) mass is 454 g/mol. The second kappa shape index (κ2) is 9.95. The van der Waals surface area contributed by atoms with Crippen molar-refractivity contribution in [2.24, 2.45) is 0 Å². The third-order valence-electron chi connectivity index (χ3n) is 5.33. The number of ether oxygens (including phenoxy) is 2. The van der Waals surface area contributed by atoms with E-state index in [0.717, 1.165) is 0 Å². The molecule has 2 aromatic rings. The lowest BCUT2D eigenvalue weighted by Crippen LogP contribution is -2.35. The summed E-state index contributed by atoms with van der Waals surface area (Å²) in [5.74, 6) is -1.23. The summed E-state index contributed by atoms with van der Waals surface area (Å²) in [6.07, 6.45) is -0.0587. The molecule has 8 heteroatoms. The molecule has 0 bridgehead atoms. The number of benzene rings is 2. The van der Waals surface area contributed by atoms with Crippen molar-refractivity contribution < 1.29 is 29.3 Å². The summed E-state index contributed by atoms with van der Waals surface area (Å²) in [5.41, 5.74) is 0.586. The molecule has 1 atom stereocenters. The molecule has 2 N–H and O–H groups in total. The molecule has 8 nitrogen and oxygen atoms in total. The summed E-state index contributed by atoms with van der Waals surface area (Å²) >= 11 is 0. The Labute approximate surface area is 193 Å². The van der Waals surface area contributed by atoms with Crippen LogP contribution >= 0.6 is 0 Å². The van der Waals surface area contributed by atoms with Gasteiger partial charge in [0.1, 0.15) is 23.0 Å². The number of phenolic OH excluding ortho intramolecular Hbond substituents is 1. The Hall–Kier alpha value is -3.52. The Morgan fingerprint density at radius 2 is 1.85 bits per heavy atom. The zero-order valence-corrected chi connectivity index (χ0v) is 19.5. The van der Waals surface area contributed by atoms with Crippen molar-refractivity contribution in [2.75, 3.05) is 34.3 Å². The minimum atomic E-state index is -0.831. The lowest BCUT2D eigenvalue weighted by molar-refractivity contribution is -0.140. The lowest BCUT2D eigenvalue weighted by atomic mass is 9.94. The average molecular weight is 455 g/mol. The van der Waals surface area contributed by atoms with Crippen LogP contribution in [0, 0.1) is 0 Å². The SMILES string of the molecule is COc1ccc(C(O)=C2C(=O)C(=O)N(CCN(C)C)[C@H]2c2cccc(OC(C)C)c2)c(O)c1. The van der Waals surface area contributed by atoms with Gasteiger partial charge < -0.3 is 29.5 Å². The molecule has 1 heterocycles. The number of likely N-dealkylation sites (tertiary alicyclic amines) is 1. The minimum absolute atomic E-state index is 0.0426. The highest BCUT2D eigenvalue weighted by atomic mass is 16.5. The molecule has 0 aliphatic carbocycles. The van der Waals surface area contributed by atoms with E-state index in [-0.39, 0.29) is 29.5 Å². The highest BCUT2D eigenvalue weighted by Crippen LogP contribution is 2.41. The van der Waals surface area contributed by atoms with Crippen LogP contribution in [0.5, 0.6) is 17.2 Å². The normalized spacial score (nSPS) is 17.8. The Kier molecular flexibility index (Phi) is 7.28. The van der Waals surface area contributed by atoms with Crippen LogP contribution in [0.25, 0.3) is 5.76 Å². The average Bonchev–Trinajstić information content (AvgIpc) is 3.01. The van der Waals surface area contributed by atoms with Crippen LogP contribution in [0.2, 0.25) is 0 Å². The number of rotatable bonds is 8. The molecule has 1 saturated heterocycles. The number of likely N-dealkylation sites (N-methyl/N-ethyl adjacent to an activating group) is 1. The maximum Gasteiger partial charge on any atom is 0.295 e. The van der Waals surface area contributed by atoms with Gasteiger partial charge >= 0.3 is 0 Å². The van der Waals surface area contributed by atoms with Gasteiger partial charge in [-0.15, -0.1) is 0 Å². The van der Waals surface area contributed by atoms with Gasteiger partial charge in [0.15, 0.2) is 0 Å². The molecule has 1 aliphatic rings. The van der Waals surface area contributed by atoms with Crippen LogP contribution in [0.15, 0.2) is 48.0 Å². The number of carbonyl (C=O) groups is 2. The number of aromatic hydroxyl groups is 1. The molecular formula is C25H30N2O6. The number of methoxy groups -OCH3 is 1. The van der Waals surface area contributed by atoms with Gasteiger partial charge in [-0.05, 0) is 57.8 Å². The van der Waals surface area contributed by atoms with E-state index in [0.29, 0.717) is 23.6 Å². The molecule has 1 aliphatic heterocycles. The first-order valence-corrected chi connectivity index (χ1v) is 10.7. The number of Topliss-reactive ketones (excluding diaryl/α,β-unsaturated/α-hetero) is 1. The highest BCUT2D eigenvalue weighted by Gasteiger charge is 2.46. The van der Waals surface area contributed by atoms with E-state index in [4.69, 9.17) is 9.47 Å². The van der Waals surface area contributed by atoms with Gasteiger partial charge in [0.2, 0.25) is 0 Å². The molecule has 0 unspecified atom stereocenters. The van der Waals surface area contributed by atoms with Crippen LogP contribution in [-0.2, 0) is 9.59 Å². The third-order valence-corrected chi connectivity index (χ3v) is 5.33. The first-order valence-electron chi connectivity index (χ1n) is 10.7. The maximum absolute atomic E-state index is 13.1. The zero-order valence-electron chi connectivity index (χ0n) is 19.5. The summed E-state index contributed by atoms with van der Waals surface area (Å²) in [6.45, 7) is 4.62. The third kappa shape index (κ3) is 5.12. The van der Waals surface area contributed by atoms with Crippen molar-refractivity contribution in [3.63, 3.8) is 0 Å². The molecule has 1 fully saturated rings. The van der Waals surface area contributed by atoms with Crippen molar-refractivity contribution >= 4 is 17.4 Å². The summed E-state index contributed by atoms with van der Waals surface area (Å²) in [5, 5.41) is 21.6. The maximum atomic E-state index is 13.1. The van der Waals surface area contributed by atoms with E-state index in [1.807, 2.05) is 32.8 Å². The molecule has 3 rings (SSSR count). The first-order chi connectivity index (χ1) is 15.6. The Balaban J connectivity index is 2.17. The van der Waals surface area contributed by atoms with Gasteiger partial charge in [0, 0.05) is 19.2 Å². The van der Waals surface area contributed by atoms with Gasteiger partial charge in [0.25, 0.3) is 11.7 Å². The number of nitrogens with zero attached hydrogens (tertiary/aromatic N) is 2. The van der Waals surface area contributed by atoms with Crippen molar-refractivity contribution in [1.29, 1.82) is 0 Å². The number of amides is 1. The number of phenols is 1. The molecule has 0 spiro atoms. The molecule has 0 radical (unpaired) electrons. The molecular weight excluding hydrogens is 424 g/mol. The molecule has 33 heavy (non-hydrogen) atoms. The fourth-order valence-electron chi connectivity index (χ4n) is 3.78. The first kappa shape index (κ1) is 24.1. The van der Waals surface area contributed by atoms with E-state index in [1.54, 1.807) is 30.3 Å². The van der Waals surface area contributed by atoms with Crippen molar-refractivity contribution in [1.82, 2.24) is 9.80 Å². The second-order valence-electron chi connectivity index (χ2n) is 8.42. The summed E-state index contributed by atoms with van der Waals surface area (Å²) in [6, 6.07) is 10.6. The van der Waals surface area contributed by atoms with Gasteiger partial charge in [-0.1, -0.05) is 12.1 Å². The molecule has 0 saturated carbocycles. The van der Waals surface area contributed by atoms with Crippen LogP contribution in [0.3, 0.4) is 0 Å². The quantitative estimate of drug-likeness (QED) is 0.359. The number of aliphatic hydroxyl groups is 1. The van der Waals surface area contributed by atoms with Crippen LogP contribution in [0.4, 0.5) is 0 Å². The van der Waals surface area contributed by atoms with E-state index in [9.17, 15) is 19.8 Å². The molecule has 2 aromatic carbocycles. The van der Waals surface area contributed by atoms with E-state index in [2.05, 4.69) is 0 Å². The summed E-state index contributed by atoms with van der Waals surface area (Å²) in [4.78, 5) is 29.4. The predicted molar refractivity (Wildman–Crippen MR) is 124 cm³/mol. The largest absolute Gasteiger partial charge is 0.507 e. The molecule has 1 amide bonds. The van der Waals surface area contributed by atoms with Crippen molar-refractivity contribution in [2.45, 2.75) is 26.0 Å². The lowest BCUT2D eigenvalue weighted by Gasteiger charge is -2.27. The fourth-order valence-corrected chi connectivity index (χ4v) is 3.78. The van der Waals surface area contributed by atoms with Crippen LogP contribution in [0.1, 0.15) is 31.0 Å². The fraction of sp³-hybridized carbons (Fsp3) is 0.360. The van der Waals surface area contributed by atoms with Gasteiger partial charge in [-0.25, -0.2) is 0 Å². The van der Waals surface area contributed by atoms with E-state index >= 15 is 0 Å². The summed E-state index contributed by atoms with van der Waals surface area (Å²) < 4.78 is 10.9. The number of ketones is 1. The number of carbonyl (C=O) groups excluding carboxylic acids is 2. The van der Waals surface area contributed by atoms with Gasteiger partial charge in [-0.2, -0.15) is 0 Å². The Morgan fingerprint density at radius 3 is 2.45 bits per heavy atom. The summed E-state index contributed by atoms with van der Waals surface area (Å²) in [7, 11) is 5.20. The topological polar surface area (TPSA) is 99.5 Å². The van der Waals surface area contributed by atoms with Gasteiger partial charge in [0.05, 0.1) is 30.4 Å². The molecule has 0 aromatic heterocycles. The van der Waals surface area contributed by atoms with Crippen LogP contribution < -0.4 is 9.47 Å². The standard InChI is InChI=1S/C25H30N2O6/c1-15(2)33-18-8-6-7-16(13-18)22-21(24(30)25(31)27(22)12-11-26(3)4)23(29)19-10-9-17(32-5)14-20(19)28/h6-10,13-15,22,28-29H,11-12H2,1-5H3/t22-/m0/s1. The molecule has 176 valence electrons.